The van der Waals surface area contributed by atoms with Gasteiger partial charge in [0.2, 0.25) is 5.91 Å². The van der Waals surface area contributed by atoms with Crippen LogP contribution in [0.15, 0.2) is 78.6 Å². The summed E-state index contributed by atoms with van der Waals surface area (Å²) in [6.07, 6.45) is 3.34. The number of aromatic nitrogens is 1. The van der Waals surface area contributed by atoms with Gasteiger partial charge in [-0.15, -0.1) is 0 Å². The van der Waals surface area contributed by atoms with Gasteiger partial charge in [-0.05, 0) is 54.6 Å². The van der Waals surface area contributed by atoms with Gasteiger partial charge >= 0.3 is 6.03 Å². The Kier molecular flexibility index (Phi) is 5.04. The van der Waals surface area contributed by atoms with Gasteiger partial charge in [-0.25, -0.2) is 9.69 Å². The average Bonchev–Trinajstić information content (AvgIpc) is 3.29. The van der Waals surface area contributed by atoms with Crippen LogP contribution < -0.4 is 10.6 Å². The first-order chi connectivity index (χ1) is 14.5. The fourth-order valence-corrected chi connectivity index (χ4v) is 3.09. The van der Waals surface area contributed by atoms with E-state index in [0.717, 1.165) is 10.6 Å². The quantitative estimate of drug-likeness (QED) is 0.451. The fourth-order valence-electron chi connectivity index (χ4n) is 3.09. The van der Waals surface area contributed by atoms with Gasteiger partial charge in [-0.3, -0.25) is 9.59 Å². The molecule has 2 aromatic carbocycles. The van der Waals surface area contributed by atoms with Crippen LogP contribution in [0.3, 0.4) is 0 Å². The van der Waals surface area contributed by atoms with Crippen LogP contribution in [-0.4, -0.2) is 39.0 Å². The summed E-state index contributed by atoms with van der Waals surface area (Å²) in [5.74, 6) is -0.909. The number of nitrogens with zero attached hydrogens (tertiary/aromatic N) is 2. The number of phenolic OH excluding ortho intramolecular Hbond substituents is 1. The maximum atomic E-state index is 12.7. The molecule has 0 bridgehead atoms. The zero-order chi connectivity index (χ0) is 21.1. The van der Waals surface area contributed by atoms with Crippen LogP contribution in [0.5, 0.6) is 5.75 Å². The average molecular weight is 402 g/mol. The van der Waals surface area contributed by atoms with Gasteiger partial charge in [0.05, 0.1) is 0 Å². The highest BCUT2D eigenvalue weighted by Gasteiger charge is 2.35. The van der Waals surface area contributed by atoms with Crippen molar-refractivity contribution in [2.24, 2.45) is 0 Å². The monoisotopic (exact) mass is 402 g/mol. The molecule has 1 aliphatic heterocycles. The number of carbonyl (C=O) groups is 3. The van der Waals surface area contributed by atoms with Crippen molar-refractivity contribution in [3.63, 3.8) is 0 Å². The van der Waals surface area contributed by atoms with Gasteiger partial charge in [0.25, 0.3) is 5.91 Å². The smallest absolute Gasteiger partial charge is 0.329 e. The summed E-state index contributed by atoms with van der Waals surface area (Å²) in [5.41, 5.74) is 2.09. The number of anilines is 1. The Balaban J connectivity index is 1.50. The molecule has 8 heteroatoms. The molecule has 1 aliphatic rings. The number of aromatic hydroxyl groups is 1. The predicted octanol–water partition coefficient (Wildman–Crippen LogP) is 2.71. The highest BCUT2D eigenvalue weighted by atomic mass is 16.3. The molecule has 2 heterocycles. The second-order valence-corrected chi connectivity index (χ2v) is 6.61. The van der Waals surface area contributed by atoms with Gasteiger partial charge in [-0.2, -0.15) is 0 Å². The fraction of sp³-hybridized carbons (Fsp3) is 0.0455. The van der Waals surface area contributed by atoms with E-state index in [4.69, 9.17) is 0 Å². The number of nitrogens with one attached hydrogen (secondary N) is 2. The van der Waals surface area contributed by atoms with Gasteiger partial charge in [0.1, 0.15) is 18.0 Å². The number of imide groups is 1. The van der Waals surface area contributed by atoms with Crippen molar-refractivity contribution in [3.8, 4) is 11.4 Å². The molecule has 0 saturated carbocycles. The molecule has 1 saturated heterocycles. The van der Waals surface area contributed by atoms with Crippen LogP contribution in [0, 0.1) is 0 Å². The number of para-hydroxylation sites is 1. The molecule has 1 fully saturated rings. The molecule has 4 amide bonds. The number of phenols is 1. The molecule has 150 valence electrons. The van der Waals surface area contributed by atoms with Crippen molar-refractivity contribution >= 4 is 29.6 Å². The van der Waals surface area contributed by atoms with E-state index in [-0.39, 0.29) is 11.4 Å². The normalized spacial score (nSPS) is 14.8. The van der Waals surface area contributed by atoms with Gasteiger partial charge in [0, 0.05) is 23.3 Å². The van der Waals surface area contributed by atoms with Crippen molar-refractivity contribution in [3.05, 3.63) is 84.3 Å². The third-order valence-electron chi connectivity index (χ3n) is 4.52. The zero-order valence-corrected chi connectivity index (χ0v) is 15.8. The highest BCUT2D eigenvalue weighted by molar-refractivity contribution is 6.15. The Bertz CT molecular complexity index is 1130. The van der Waals surface area contributed by atoms with E-state index in [2.05, 4.69) is 10.6 Å². The van der Waals surface area contributed by atoms with Gasteiger partial charge in [0.15, 0.2) is 0 Å². The van der Waals surface area contributed by atoms with Gasteiger partial charge in [-0.1, -0.05) is 18.2 Å². The molecular formula is C22H18N4O4. The van der Waals surface area contributed by atoms with Crippen LogP contribution in [-0.2, 0) is 9.59 Å². The Morgan fingerprint density at radius 1 is 1.00 bits per heavy atom. The molecule has 30 heavy (non-hydrogen) atoms. The molecule has 4 rings (SSSR count). The van der Waals surface area contributed by atoms with Crippen LogP contribution in [0.2, 0.25) is 0 Å². The van der Waals surface area contributed by atoms with E-state index in [0.29, 0.717) is 11.4 Å². The summed E-state index contributed by atoms with van der Waals surface area (Å²) in [7, 11) is 0. The van der Waals surface area contributed by atoms with Crippen LogP contribution >= 0.6 is 0 Å². The van der Waals surface area contributed by atoms with Crippen molar-refractivity contribution < 1.29 is 19.5 Å². The number of urea groups is 1. The number of hydrogen-bond donors (Lipinski definition) is 3. The summed E-state index contributed by atoms with van der Waals surface area (Å²) < 4.78 is 1.80. The van der Waals surface area contributed by atoms with E-state index in [1.807, 2.05) is 6.07 Å². The Hall–Kier alpha value is -4.33. The van der Waals surface area contributed by atoms with E-state index in [1.54, 1.807) is 77.5 Å². The summed E-state index contributed by atoms with van der Waals surface area (Å²) in [6.45, 7) is -0.393. The minimum atomic E-state index is -0.655. The molecule has 0 spiro atoms. The number of amides is 4. The molecule has 0 aliphatic carbocycles. The van der Waals surface area contributed by atoms with E-state index >= 15 is 0 Å². The van der Waals surface area contributed by atoms with E-state index in [1.165, 1.54) is 0 Å². The first-order valence-electron chi connectivity index (χ1n) is 9.17. The standard InChI is InChI=1S/C22H18N4O4/c27-18-10-8-16(9-11-18)25-12-4-7-17(25)13-19-21(29)26(22(30)24-19)14-20(28)23-15-5-2-1-3-6-15/h1-13,27H,14H2,(H,23,28)(H,24,30)/b19-13-. The zero-order valence-electron chi connectivity index (χ0n) is 15.8. The summed E-state index contributed by atoms with van der Waals surface area (Å²) in [6, 6.07) is 18.3. The Morgan fingerprint density at radius 2 is 1.73 bits per heavy atom. The van der Waals surface area contributed by atoms with E-state index < -0.39 is 24.4 Å². The van der Waals surface area contributed by atoms with Crippen molar-refractivity contribution in [2.75, 3.05) is 11.9 Å². The third-order valence-corrected chi connectivity index (χ3v) is 4.52. The van der Waals surface area contributed by atoms with Crippen molar-refractivity contribution in [2.45, 2.75) is 0 Å². The summed E-state index contributed by atoms with van der Waals surface area (Å²) in [4.78, 5) is 38.0. The molecule has 8 nitrogen and oxygen atoms in total. The molecule has 0 radical (unpaired) electrons. The van der Waals surface area contributed by atoms with Crippen LogP contribution in [0.4, 0.5) is 10.5 Å². The molecule has 3 aromatic rings. The van der Waals surface area contributed by atoms with Gasteiger partial charge < -0.3 is 20.3 Å². The third kappa shape index (κ3) is 3.93. The lowest BCUT2D eigenvalue weighted by molar-refractivity contribution is -0.127. The first kappa shape index (κ1) is 19.0. The van der Waals surface area contributed by atoms with Crippen molar-refractivity contribution in [1.29, 1.82) is 0 Å². The Morgan fingerprint density at radius 3 is 2.47 bits per heavy atom. The largest absolute Gasteiger partial charge is 0.508 e. The number of hydrogen-bond acceptors (Lipinski definition) is 4. The molecule has 3 N–H and O–H groups in total. The number of benzene rings is 2. The lowest BCUT2D eigenvalue weighted by Crippen LogP contribution is -2.38. The minimum Gasteiger partial charge on any atom is -0.508 e. The molecule has 0 unspecified atom stereocenters. The summed E-state index contributed by atoms with van der Waals surface area (Å²) in [5, 5.41) is 14.6. The minimum absolute atomic E-state index is 0.0752. The molecular weight excluding hydrogens is 384 g/mol. The lowest BCUT2D eigenvalue weighted by Gasteiger charge is -2.11. The molecule has 1 aromatic heterocycles. The Labute approximate surface area is 172 Å². The van der Waals surface area contributed by atoms with Crippen molar-refractivity contribution in [1.82, 2.24) is 14.8 Å². The predicted molar refractivity (Wildman–Crippen MR) is 111 cm³/mol. The summed E-state index contributed by atoms with van der Waals surface area (Å²) >= 11 is 0. The van der Waals surface area contributed by atoms with E-state index in [9.17, 15) is 19.5 Å². The second-order valence-electron chi connectivity index (χ2n) is 6.61. The molecule has 0 atom stereocenters. The van der Waals surface area contributed by atoms with Crippen LogP contribution in [0.25, 0.3) is 11.8 Å². The maximum absolute atomic E-state index is 12.7. The first-order valence-corrected chi connectivity index (χ1v) is 9.17. The topological polar surface area (TPSA) is 104 Å². The second kappa shape index (κ2) is 7.96. The number of rotatable bonds is 5. The number of carbonyl (C=O) groups excluding carboxylic acids is 3. The SMILES string of the molecule is O=C(CN1C(=O)N/C(=C\c2cccn2-c2ccc(O)cc2)C1=O)Nc1ccccc1. The lowest BCUT2D eigenvalue weighted by atomic mass is 10.2. The van der Waals surface area contributed by atoms with Crippen LogP contribution in [0.1, 0.15) is 5.69 Å². The maximum Gasteiger partial charge on any atom is 0.329 e. The highest BCUT2D eigenvalue weighted by Crippen LogP contribution is 2.20.